The maximum absolute atomic E-state index is 11.8. The summed E-state index contributed by atoms with van der Waals surface area (Å²) < 4.78 is 0. The first-order chi connectivity index (χ1) is 8.89. The van der Waals surface area contributed by atoms with Crippen molar-refractivity contribution in [3.63, 3.8) is 0 Å². The molecule has 0 aromatic heterocycles. The Hall–Kier alpha value is -0.810. The van der Waals surface area contributed by atoms with Crippen molar-refractivity contribution in [2.45, 2.75) is 71.4 Å². The highest BCUT2D eigenvalue weighted by Gasteiger charge is 2.25. The molecule has 0 saturated heterocycles. The van der Waals surface area contributed by atoms with Gasteiger partial charge in [0, 0.05) is 25.4 Å². The number of carbonyl (C=O) groups is 2. The third kappa shape index (κ3) is 8.38. The predicted molar refractivity (Wildman–Crippen MR) is 84.9 cm³/mol. The van der Waals surface area contributed by atoms with Crippen LogP contribution in [0, 0.1) is 0 Å². The first-order valence-electron chi connectivity index (χ1n) is 7.19. The minimum absolute atomic E-state index is 0. The predicted octanol–water partition coefficient (Wildman–Crippen LogP) is 1.74. The molecule has 0 saturated carbocycles. The number of halogens is 1. The second-order valence-corrected chi connectivity index (χ2v) is 5.32. The number of hydrogen-bond donors (Lipinski definition) is 3. The zero-order valence-electron chi connectivity index (χ0n) is 13.1. The van der Waals surface area contributed by atoms with Gasteiger partial charge in [-0.05, 0) is 33.1 Å². The summed E-state index contributed by atoms with van der Waals surface area (Å²) in [6.07, 6.45) is 2.96. The summed E-state index contributed by atoms with van der Waals surface area (Å²) in [7, 11) is 0. The van der Waals surface area contributed by atoms with Crippen LogP contribution in [0.3, 0.4) is 0 Å². The molecule has 5 nitrogen and oxygen atoms in total. The average molecular weight is 308 g/mol. The Morgan fingerprint density at radius 2 is 1.60 bits per heavy atom. The van der Waals surface area contributed by atoms with Crippen LogP contribution < -0.4 is 16.4 Å². The van der Waals surface area contributed by atoms with E-state index in [1.54, 1.807) is 0 Å². The van der Waals surface area contributed by atoms with Crippen LogP contribution in [-0.2, 0) is 9.59 Å². The Morgan fingerprint density at radius 1 is 1.10 bits per heavy atom. The molecule has 0 fully saturated rings. The molecule has 120 valence electrons. The van der Waals surface area contributed by atoms with E-state index in [0.717, 1.165) is 12.8 Å². The lowest BCUT2D eigenvalue weighted by Gasteiger charge is -2.31. The van der Waals surface area contributed by atoms with Crippen molar-refractivity contribution >= 4 is 24.2 Å². The van der Waals surface area contributed by atoms with Gasteiger partial charge < -0.3 is 16.4 Å². The number of hydrogen-bond acceptors (Lipinski definition) is 3. The zero-order valence-corrected chi connectivity index (χ0v) is 13.9. The van der Waals surface area contributed by atoms with E-state index in [0.29, 0.717) is 25.8 Å². The van der Waals surface area contributed by atoms with Crippen molar-refractivity contribution in [2.75, 3.05) is 6.54 Å². The summed E-state index contributed by atoms with van der Waals surface area (Å²) in [4.78, 5) is 23.3. The second kappa shape index (κ2) is 10.9. The summed E-state index contributed by atoms with van der Waals surface area (Å²) in [5.41, 5.74) is 5.44. The monoisotopic (exact) mass is 307 g/mol. The summed E-state index contributed by atoms with van der Waals surface area (Å²) in [5.74, 6) is -0.0228. The lowest BCUT2D eigenvalue weighted by atomic mass is 9.92. The van der Waals surface area contributed by atoms with Gasteiger partial charge in [-0.1, -0.05) is 13.8 Å². The van der Waals surface area contributed by atoms with Crippen LogP contribution in [0.4, 0.5) is 0 Å². The Kier molecular flexibility index (Phi) is 11.7. The SMILES string of the molecule is CCC(CC)(CN)NC(=O)CCCC(=O)NC(C)C.Cl. The lowest BCUT2D eigenvalue weighted by Crippen LogP contribution is -2.52. The smallest absolute Gasteiger partial charge is 0.220 e. The highest BCUT2D eigenvalue weighted by atomic mass is 35.5. The van der Waals surface area contributed by atoms with Crippen LogP contribution in [0.25, 0.3) is 0 Å². The maximum atomic E-state index is 11.8. The van der Waals surface area contributed by atoms with E-state index in [2.05, 4.69) is 10.6 Å². The van der Waals surface area contributed by atoms with Crippen LogP contribution in [0.5, 0.6) is 0 Å². The molecule has 0 aromatic rings. The van der Waals surface area contributed by atoms with Crippen molar-refractivity contribution < 1.29 is 9.59 Å². The first kappa shape index (κ1) is 21.5. The topological polar surface area (TPSA) is 84.2 Å². The number of rotatable bonds is 9. The fourth-order valence-corrected chi connectivity index (χ4v) is 1.93. The zero-order chi connectivity index (χ0) is 14.9. The van der Waals surface area contributed by atoms with E-state index in [9.17, 15) is 9.59 Å². The van der Waals surface area contributed by atoms with Gasteiger partial charge >= 0.3 is 0 Å². The van der Waals surface area contributed by atoms with Gasteiger partial charge in [0.15, 0.2) is 0 Å². The van der Waals surface area contributed by atoms with Crippen molar-refractivity contribution in [1.29, 1.82) is 0 Å². The Labute approximate surface area is 128 Å². The third-order valence-electron chi connectivity index (χ3n) is 3.41. The van der Waals surface area contributed by atoms with Gasteiger partial charge in [-0.2, -0.15) is 0 Å². The molecule has 0 aliphatic heterocycles. The molecule has 2 amide bonds. The average Bonchev–Trinajstić information content (AvgIpc) is 2.35. The van der Waals surface area contributed by atoms with E-state index >= 15 is 0 Å². The van der Waals surface area contributed by atoms with Gasteiger partial charge in [-0.15, -0.1) is 12.4 Å². The summed E-state index contributed by atoms with van der Waals surface area (Å²) >= 11 is 0. The van der Waals surface area contributed by atoms with E-state index in [1.807, 2.05) is 27.7 Å². The largest absolute Gasteiger partial charge is 0.354 e. The Bertz CT molecular complexity index is 284. The van der Waals surface area contributed by atoms with Crippen LogP contribution in [0.2, 0.25) is 0 Å². The summed E-state index contributed by atoms with van der Waals surface area (Å²) in [6, 6.07) is 0.145. The molecule has 6 heteroatoms. The molecule has 0 aliphatic rings. The van der Waals surface area contributed by atoms with E-state index < -0.39 is 0 Å². The molecule has 20 heavy (non-hydrogen) atoms. The molecule has 0 aromatic carbocycles. The van der Waals surface area contributed by atoms with Gasteiger partial charge in [0.05, 0.1) is 5.54 Å². The molecule has 0 aliphatic carbocycles. The summed E-state index contributed by atoms with van der Waals surface area (Å²) in [6.45, 7) is 8.32. The second-order valence-electron chi connectivity index (χ2n) is 5.32. The van der Waals surface area contributed by atoms with Gasteiger partial charge in [0.2, 0.25) is 11.8 Å². The molecular weight excluding hydrogens is 278 g/mol. The van der Waals surface area contributed by atoms with Gasteiger partial charge in [0.25, 0.3) is 0 Å². The highest BCUT2D eigenvalue weighted by Crippen LogP contribution is 2.13. The van der Waals surface area contributed by atoms with Gasteiger partial charge in [-0.25, -0.2) is 0 Å². The number of nitrogens with two attached hydrogens (primary N) is 1. The molecule has 0 bridgehead atoms. The first-order valence-corrected chi connectivity index (χ1v) is 7.19. The van der Waals surface area contributed by atoms with Crippen molar-refractivity contribution in [3.05, 3.63) is 0 Å². The van der Waals surface area contributed by atoms with Gasteiger partial charge in [0.1, 0.15) is 0 Å². The minimum atomic E-state index is -0.294. The molecule has 0 radical (unpaired) electrons. The quantitative estimate of drug-likeness (QED) is 0.606. The standard InChI is InChI=1S/C14H29N3O2.ClH/c1-5-14(6-2,10-15)17-13(19)9-7-8-12(18)16-11(3)4;/h11H,5-10,15H2,1-4H3,(H,16,18)(H,17,19);1H. The molecule has 0 heterocycles. The number of amides is 2. The molecule has 0 spiro atoms. The van der Waals surface area contributed by atoms with Crippen molar-refractivity contribution in [1.82, 2.24) is 10.6 Å². The fraction of sp³-hybridized carbons (Fsp3) is 0.857. The Balaban J connectivity index is 0. The number of nitrogens with one attached hydrogen (secondary N) is 2. The molecule has 0 unspecified atom stereocenters. The summed E-state index contributed by atoms with van der Waals surface area (Å²) in [5, 5.41) is 5.81. The molecule has 4 N–H and O–H groups in total. The van der Waals surface area contributed by atoms with Crippen LogP contribution in [-0.4, -0.2) is 29.9 Å². The van der Waals surface area contributed by atoms with Crippen LogP contribution >= 0.6 is 12.4 Å². The fourth-order valence-electron chi connectivity index (χ4n) is 1.93. The van der Waals surface area contributed by atoms with E-state index in [-0.39, 0.29) is 35.8 Å². The lowest BCUT2D eigenvalue weighted by molar-refractivity contribution is -0.123. The normalized spacial score (nSPS) is 10.9. The molecular formula is C14H30ClN3O2. The van der Waals surface area contributed by atoms with Crippen molar-refractivity contribution in [2.24, 2.45) is 5.73 Å². The molecule has 0 rings (SSSR count). The van der Waals surface area contributed by atoms with Gasteiger partial charge in [-0.3, -0.25) is 9.59 Å². The van der Waals surface area contributed by atoms with E-state index in [1.165, 1.54) is 0 Å². The van der Waals surface area contributed by atoms with Crippen LogP contribution in [0.15, 0.2) is 0 Å². The van der Waals surface area contributed by atoms with E-state index in [4.69, 9.17) is 5.73 Å². The minimum Gasteiger partial charge on any atom is -0.354 e. The molecule has 0 atom stereocenters. The van der Waals surface area contributed by atoms with Crippen LogP contribution in [0.1, 0.15) is 59.8 Å². The Morgan fingerprint density at radius 3 is 2.00 bits per heavy atom. The number of carbonyl (C=O) groups excluding carboxylic acids is 2. The highest BCUT2D eigenvalue weighted by molar-refractivity contribution is 5.85. The van der Waals surface area contributed by atoms with Crippen molar-refractivity contribution in [3.8, 4) is 0 Å². The maximum Gasteiger partial charge on any atom is 0.220 e. The third-order valence-corrected chi connectivity index (χ3v) is 3.41.